The molecule has 0 saturated carbocycles. The molecule has 0 fully saturated rings. The van der Waals surface area contributed by atoms with Crippen LogP contribution in [0.1, 0.15) is 30.1 Å². The van der Waals surface area contributed by atoms with Crippen molar-refractivity contribution in [2.24, 2.45) is 0 Å². The molecule has 3 rings (SSSR count). The highest BCUT2D eigenvalue weighted by molar-refractivity contribution is 5.92. The van der Waals surface area contributed by atoms with Crippen molar-refractivity contribution in [2.45, 2.75) is 25.2 Å². The first-order valence-corrected chi connectivity index (χ1v) is 7.56. The summed E-state index contributed by atoms with van der Waals surface area (Å²) in [5.41, 5.74) is 7.15. The molecule has 5 heteroatoms. The Morgan fingerprint density at radius 2 is 1.96 bits per heavy atom. The highest BCUT2D eigenvalue weighted by Gasteiger charge is 2.24. The number of benzene rings is 1. The lowest BCUT2D eigenvalue weighted by Gasteiger charge is -2.21. The van der Waals surface area contributed by atoms with Crippen LogP contribution in [0.4, 0.5) is 0 Å². The molecule has 118 valence electrons. The second kappa shape index (κ2) is 6.96. The van der Waals surface area contributed by atoms with Crippen molar-refractivity contribution in [3.8, 4) is 0 Å². The molecular formula is C18H18N2O3. The van der Waals surface area contributed by atoms with E-state index in [-0.39, 0.29) is 24.0 Å². The number of carbonyl (C=O) groups is 2. The van der Waals surface area contributed by atoms with Gasteiger partial charge in [0.2, 0.25) is 5.91 Å². The Balaban J connectivity index is 1.55. The number of hydrogen-bond donors (Lipinski definition) is 2. The predicted molar refractivity (Wildman–Crippen MR) is 85.2 cm³/mol. The lowest BCUT2D eigenvalue weighted by atomic mass is 9.89. The number of furan rings is 1. The number of nitrogens with one attached hydrogen (secondary N) is 2. The van der Waals surface area contributed by atoms with E-state index in [4.69, 9.17) is 4.42 Å². The first-order valence-electron chi connectivity index (χ1n) is 7.56. The van der Waals surface area contributed by atoms with Gasteiger partial charge in [0.25, 0.3) is 0 Å². The van der Waals surface area contributed by atoms with E-state index in [0.717, 1.165) is 11.3 Å². The van der Waals surface area contributed by atoms with E-state index in [0.29, 0.717) is 18.5 Å². The van der Waals surface area contributed by atoms with Crippen LogP contribution in [0.3, 0.4) is 0 Å². The maximum atomic E-state index is 11.9. The van der Waals surface area contributed by atoms with Gasteiger partial charge in [-0.15, -0.1) is 0 Å². The molecule has 0 aliphatic heterocycles. The van der Waals surface area contributed by atoms with E-state index in [9.17, 15) is 9.59 Å². The van der Waals surface area contributed by atoms with Crippen molar-refractivity contribution in [3.05, 3.63) is 71.8 Å². The van der Waals surface area contributed by atoms with Crippen molar-refractivity contribution >= 4 is 11.7 Å². The third-order valence-electron chi connectivity index (χ3n) is 3.76. The molecule has 0 spiro atoms. The van der Waals surface area contributed by atoms with Crippen molar-refractivity contribution in [2.75, 3.05) is 0 Å². The van der Waals surface area contributed by atoms with Crippen LogP contribution in [0.5, 0.6) is 0 Å². The smallest absolute Gasteiger partial charge is 0.242 e. The quantitative estimate of drug-likeness (QED) is 0.832. The maximum absolute atomic E-state index is 11.9. The SMILES string of the molecule is O=C1C=C(NNC(=O)Cc2ccccc2)C[C@H](c2ccco2)C1. The summed E-state index contributed by atoms with van der Waals surface area (Å²) >= 11 is 0. The lowest BCUT2D eigenvalue weighted by Crippen LogP contribution is -2.39. The molecule has 1 amide bonds. The van der Waals surface area contributed by atoms with Crippen LogP contribution in [0.15, 0.2) is 64.9 Å². The van der Waals surface area contributed by atoms with Crippen LogP contribution in [0.25, 0.3) is 0 Å². The van der Waals surface area contributed by atoms with E-state index in [1.807, 2.05) is 42.5 Å². The van der Waals surface area contributed by atoms with Gasteiger partial charge in [0, 0.05) is 24.1 Å². The molecule has 1 heterocycles. The fourth-order valence-electron chi connectivity index (χ4n) is 2.68. The number of carbonyl (C=O) groups excluding carboxylic acids is 2. The van der Waals surface area contributed by atoms with Crippen molar-refractivity contribution in [1.82, 2.24) is 10.9 Å². The molecule has 1 aromatic heterocycles. The van der Waals surface area contributed by atoms with Crippen LogP contribution < -0.4 is 10.9 Å². The fourth-order valence-corrected chi connectivity index (χ4v) is 2.68. The van der Waals surface area contributed by atoms with Crippen molar-refractivity contribution in [1.29, 1.82) is 0 Å². The topological polar surface area (TPSA) is 71.3 Å². The fraction of sp³-hybridized carbons (Fsp3) is 0.222. The number of rotatable bonds is 5. The van der Waals surface area contributed by atoms with Crippen LogP contribution in [-0.4, -0.2) is 11.7 Å². The first kappa shape index (κ1) is 15.1. The zero-order valence-electron chi connectivity index (χ0n) is 12.6. The van der Waals surface area contributed by atoms with Gasteiger partial charge in [-0.2, -0.15) is 0 Å². The average Bonchev–Trinajstić information content (AvgIpc) is 3.08. The molecule has 5 nitrogen and oxygen atoms in total. The zero-order valence-corrected chi connectivity index (χ0v) is 12.6. The number of hydrazine groups is 1. The predicted octanol–water partition coefficient (Wildman–Crippen LogP) is 2.47. The molecule has 1 atom stereocenters. The molecule has 23 heavy (non-hydrogen) atoms. The number of hydrogen-bond acceptors (Lipinski definition) is 4. The molecule has 1 aliphatic carbocycles. The van der Waals surface area contributed by atoms with E-state index < -0.39 is 0 Å². The Labute approximate surface area is 134 Å². The summed E-state index contributed by atoms with van der Waals surface area (Å²) < 4.78 is 5.38. The highest BCUT2D eigenvalue weighted by atomic mass is 16.3. The molecule has 1 aromatic carbocycles. The highest BCUT2D eigenvalue weighted by Crippen LogP contribution is 2.30. The van der Waals surface area contributed by atoms with Crippen LogP contribution in [0, 0.1) is 0 Å². The standard InChI is InChI=1S/C18H18N2O3/c21-16-11-14(17-7-4-8-23-17)10-15(12-16)19-20-18(22)9-13-5-2-1-3-6-13/h1-8,12,14,19H,9-11H2,(H,20,22)/t14-/m0/s1. The Kier molecular flexibility index (Phi) is 4.57. The molecule has 2 aromatic rings. The van der Waals surface area contributed by atoms with E-state index in [2.05, 4.69) is 10.9 Å². The largest absolute Gasteiger partial charge is 0.469 e. The molecule has 2 N–H and O–H groups in total. The molecule has 0 unspecified atom stereocenters. The van der Waals surface area contributed by atoms with E-state index in [1.54, 1.807) is 12.3 Å². The van der Waals surface area contributed by atoms with Gasteiger partial charge in [-0.3, -0.25) is 15.0 Å². The van der Waals surface area contributed by atoms with Crippen LogP contribution >= 0.6 is 0 Å². The number of amides is 1. The van der Waals surface area contributed by atoms with Gasteiger partial charge >= 0.3 is 0 Å². The monoisotopic (exact) mass is 310 g/mol. The Bertz CT molecular complexity index is 705. The Morgan fingerprint density at radius 3 is 2.70 bits per heavy atom. The summed E-state index contributed by atoms with van der Waals surface area (Å²) in [7, 11) is 0. The van der Waals surface area contributed by atoms with E-state index >= 15 is 0 Å². The van der Waals surface area contributed by atoms with Crippen LogP contribution in [0.2, 0.25) is 0 Å². The number of allylic oxidation sites excluding steroid dienone is 2. The summed E-state index contributed by atoms with van der Waals surface area (Å²) in [6, 6.07) is 13.2. The molecular weight excluding hydrogens is 292 g/mol. The second-order valence-corrected chi connectivity index (χ2v) is 5.59. The van der Waals surface area contributed by atoms with Gasteiger partial charge in [-0.25, -0.2) is 0 Å². The van der Waals surface area contributed by atoms with Gasteiger partial charge in [-0.1, -0.05) is 30.3 Å². The van der Waals surface area contributed by atoms with Gasteiger partial charge in [0.1, 0.15) is 5.76 Å². The Hall–Kier alpha value is -2.82. The summed E-state index contributed by atoms with van der Waals surface area (Å²) in [5.74, 6) is 0.680. The molecule has 0 radical (unpaired) electrons. The average molecular weight is 310 g/mol. The zero-order chi connectivity index (χ0) is 16.1. The third kappa shape index (κ3) is 4.10. The van der Waals surface area contributed by atoms with Gasteiger partial charge in [-0.05, 0) is 24.1 Å². The van der Waals surface area contributed by atoms with Crippen molar-refractivity contribution < 1.29 is 14.0 Å². The summed E-state index contributed by atoms with van der Waals surface area (Å²) in [6.07, 6.45) is 4.49. The molecule has 1 aliphatic rings. The van der Waals surface area contributed by atoms with Gasteiger partial charge in [0.15, 0.2) is 5.78 Å². The molecule has 0 bridgehead atoms. The minimum atomic E-state index is -0.148. The van der Waals surface area contributed by atoms with Gasteiger partial charge in [0.05, 0.1) is 12.7 Å². The second-order valence-electron chi connectivity index (χ2n) is 5.59. The van der Waals surface area contributed by atoms with Crippen LogP contribution in [-0.2, 0) is 16.0 Å². The Morgan fingerprint density at radius 1 is 1.13 bits per heavy atom. The number of ketones is 1. The normalized spacial score (nSPS) is 17.5. The minimum Gasteiger partial charge on any atom is -0.469 e. The summed E-state index contributed by atoms with van der Waals surface area (Å²) in [5, 5.41) is 0. The first-order chi connectivity index (χ1) is 11.2. The summed E-state index contributed by atoms with van der Waals surface area (Å²) in [4.78, 5) is 23.8. The van der Waals surface area contributed by atoms with Gasteiger partial charge < -0.3 is 9.84 Å². The minimum absolute atomic E-state index is 0.0102. The third-order valence-corrected chi connectivity index (χ3v) is 3.76. The summed E-state index contributed by atoms with van der Waals surface area (Å²) in [6.45, 7) is 0. The maximum Gasteiger partial charge on any atom is 0.242 e. The van der Waals surface area contributed by atoms with E-state index in [1.165, 1.54) is 0 Å². The van der Waals surface area contributed by atoms with Crippen molar-refractivity contribution in [3.63, 3.8) is 0 Å². The molecule has 0 saturated heterocycles. The lowest BCUT2D eigenvalue weighted by molar-refractivity contribution is -0.121.